The van der Waals surface area contributed by atoms with Gasteiger partial charge in [-0.25, -0.2) is 0 Å². The van der Waals surface area contributed by atoms with Crippen molar-refractivity contribution in [2.75, 3.05) is 9.80 Å². The van der Waals surface area contributed by atoms with Gasteiger partial charge in [0, 0.05) is 23.9 Å². The Bertz CT molecular complexity index is 1720. The molecule has 5 aromatic carbocycles. The van der Waals surface area contributed by atoms with Crippen LogP contribution in [0.4, 0.5) is 28.6 Å². The predicted molar refractivity (Wildman–Crippen MR) is 181 cm³/mol. The number of rotatable bonds is 5. The second-order valence-electron chi connectivity index (χ2n) is 10.9. The van der Waals surface area contributed by atoms with Crippen LogP contribution in [0.1, 0.15) is 46.8 Å². The molecule has 0 aromatic heterocycles. The molecule has 0 N–H and O–H groups in total. The van der Waals surface area contributed by atoms with E-state index >= 15 is 0 Å². The number of para-hydroxylation sites is 1. The quantitative estimate of drug-likeness (QED) is 0.136. The molecule has 2 radical (unpaired) electrons. The van der Waals surface area contributed by atoms with Crippen molar-refractivity contribution in [2.45, 2.75) is 39.8 Å². The third kappa shape index (κ3) is 9.51. The van der Waals surface area contributed by atoms with Gasteiger partial charge in [0.25, 0.3) is 0 Å². The zero-order valence-electron chi connectivity index (χ0n) is 26.5. The largest absolute Gasteiger partial charge is 1.00 e. The molecule has 47 heavy (non-hydrogen) atoms. The third-order valence-corrected chi connectivity index (χ3v) is 7.48. The summed E-state index contributed by atoms with van der Waals surface area (Å²) in [5.41, 5.74) is 11.1. The van der Waals surface area contributed by atoms with Gasteiger partial charge in [-0.15, -0.1) is 0 Å². The van der Waals surface area contributed by atoms with E-state index in [1.807, 2.05) is 0 Å². The van der Waals surface area contributed by atoms with Crippen LogP contribution in [0.5, 0.6) is 0 Å². The van der Waals surface area contributed by atoms with Gasteiger partial charge in [0.05, 0.1) is 18.2 Å². The van der Waals surface area contributed by atoms with Crippen molar-refractivity contribution < 1.29 is 34.3 Å². The summed E-state index contributed by atoms with van der Waals surface area (Å²) in [6, 6.07) is 47.5. The van der Waals surface area contributed by atoms with Crippen LogP contribution in [-0.4, -0.2) is 7.25 Å². The van der Waals surface area contributed by atoms with Gasteiger partial charge in [-0.05, 0) is 54.7 Å². The Balaban J connectivity index is 0.000000603. The van der Waals surface area contributed by atoms with Crippen LogP contribution in [0.25, 0.3) is 11.1 Å². The molecule has 1 saturated heterocycles. The maximum absolute atomic E-state index is 9.75. The van der Waals surface area contributed by atoms with Gasteiger partial charge in [0.15, 0.2) is 0 Å². The number of nitriles is 1. The molecule has 1 aliphatic rings. The van der Waals surface area contributed by atoms with Gasteiger partial charge in [0.2, 0.25) is 6.67 Å². The first-order valence-corrected chi connectivity index (χ1v) is 14.9. The molecule has 0 unspecified atom stereocenters. The van der Waals surface area contributed by atoms with E-state index < -0.39 is 7.25 Å². The molecule has 1 heterocycles. The molecule has 244 valence electrons. The van der Waals surface area contributed by atoms with Crippen LogP contribution in [0, 0.1) is 38.8 Å². The van der Waals surface area contributed by atoms with E-state index in [9.17, 15) is 17.3 Å². The molecular formula is C38H35BCuF4N3. The SMILES string of the molecule is CC#N.Cc1cc(C)c(N2[C]N(c3ccccc3-c3ccccc3)[C@@H](c3ccccc3)[C@@H]2c2ccccc2)c(C)c1.F[B-](F)(F)F.[Cu+]. The van der Waals surface area contributed by atoms with Crippen LogP contribution < -0.4 is 9.80 Å². The fraction of sp³-hybridized carbons (Fsp3) is 0.158. The summed E-state index contributed by atoms with van der Waals surface area (Å²) in [5, 5.41) is 7.32. The number of nitrogens with zero attached hydrogens (tertiary/aromatic N) is 3. The maximum atomic E-state index is 9.75. The fourth-order valence-electron chi connectivity index (χ4n) is 5.98. The van der Waals surface area contributed by atoms with Gasteiger partial charge in [-0.3, -0.25) is 0 Å². The Morgan fingerprint density at radius 3 is 1.49 bits per heavy atom. The average molecular weight is 684 g/mol. The van der Waals surface area contributed by atoms with Crippen molar-refractivity contribution in [2.24, 2.45) is 0 Å². The van der Waals surface area contributed by atoms with E-state index in [1.165, 1.54) is 51.6 Å². The molecule has 2 atom stereocenters. The van der Waals surface area contributed by atoms with Crippen LogP contribution in [0.3, 0.4) is 0 Å². The molecule has 0 aliphatic carbocycles. The van der Waals surface area contributed by atoms with E-state index in [0.717, 1.165) is 5.69 Å². The van der Waals surface area contributed by atoms with Crippen LogP contribution in [0.2, 0.25) is 0 Å². The van der Waals surface area contributed by atoms with Gasteiger partial charge >= 0.3 is 24.3 Å². The summed E-state index contributed by atoms with van der Waals surface area (Å²) in [7, 11) is -6.00. The predicted octanol–water partition coefficient (Wildman–Crippen LogP) is 10.9. The number of hydrogen-bond donors (Lipinski definition) is 0. The Morgan fingerprint density at radius 1 is 0.638 bits per heavy atom. The van der Waals surface area contributed by atoms with Gasteiger partial charge < -0.3 is 27.1 Å². The summed E-state index contributed by atoms with van der Waals surface area (Å²) in [4.78, 5) is 4.76. The number of halogens is 4. The number of benzene rings is 5. The molecule has 5 aromatic rings. The van der Waals surface area contributed by atoms with Crippen molar-refractivity contribution in [3.63, 3.8) is 0 Å². The zero-order valence-corrected chi connectivity index (χ0v) is 27.5. The maximum Gasteiger partial charge on any atom is 1.00 e. The summed E-state index contributed by atoms with van der Waals surface area (Å²) in [5.74, 6) is 0. The molecule has 9 heteroatoms. The fourth-order valence-corrected chi connectivity index (χ4v) is 5.98. The number of hydrogen-bond acceptors (Lipinski definition) is 3. The van der Waals surface area contributed by atoms with Crippen molar-refractivity contribution in [1.82, 2.24) is 0 Å². The monoisotopic (exact) mass is 683 g/mol. The summed E-state index contributed by atoms with van der Waals surface area (Å²) < 4.78 is 39.0. The standard InChI is InChI=1S/C36H32N2.C2H3N.BF4.Cu/c1-26-23-27(2)34(28(3)24-26)38-25-37(33-22-14-13-21-32(33)29-15-7-4-8-16-29)35(30-17-9-5-10-18-30)36(38)31-19-11-6-12-20-31;1-2-3;2-1(3,4)5;/h4-24,35-36H,1-3H3;1H3;;/q;;-1;+1/t35-,36-;;;/m0.../s1. The van der Waals surface area contributed by atoms with Crippen molar-refractivity contribution in [1.29, 1.82) is 5.26 Å². The number of anilines is 2. The van der Waals surface area contributed by atoms with Crippen LogP contribution in [0.15, 0.2) is 127 Å². The summed E-state index contributed by atoms with van der Waals surface area (Å²) in [6.45, 7) is 11.9. The molecule has 3 nitrogen and oxygen atoms in total. The van der Waals surface area contributed by atoms with Crippen molar-refractivity contribution >= 4 is 18.6 Å². The van der Waals surface area contributed by atoms with Gasteiger partial charge in [-0.2, -0.15) is 5.26 Å². The zero-order chi connectivity index (χ0) is 33.3. The van der Waals surface area contributed by atoms with Gasteiger partial charge in [-0.1, -0.05) is 127 Å². The molecular weight excluding hydrogens is 649 g/mol. The third-order valence-electron chi connectivity index (χ3n) is 7.48. The molecule has 0 spiro atoms. The minimum Gasteiger partial charge on any atom is -0.418 e. The average Bonchev–Trinajstić information content (AvgIpc) is 3.41. The molecule has 0 amide bonds. The van der Waals surface area contributed by atoms with E-state index in [1.54, 1.807) is 6.07 Å². The Labute approximate surface area is 286 Å². The van der Waals surface area contributed by atoms with Gasteiger partial charge in [0.1, 0.15) is 0 Å². The molecule has 0 saturated carbocycles. The Kier molecular flexibility index (Phi) is 13.3. The summed E-state index contributed by atoms with van der Waals surface area (Å²) in [6.07, 6.45) is 0. The van der Waals surface area contributed by atoms with Crippen molar-refractivity contribution in [3.8, 4) is 17.2 Å². The molecule has 0 bridgehead atoms. The second-order valence-corrected chi connectivity index (χ2v) is 10.9. The Morgan fingerprint density at radius 2 is 1.02 bits per heavy atom. The number of aryl methyl sites for hydroxylation is 3. The van der Waals surface area contributed by atoms with Crippen LogP contribution >= 0.6 is 0 Å². The van der Waals surface area contributed by atoms with E-state index in [0.29, 0.717) is 0 Å². The second kappa shape index (κ2) is 16.9. The molecule has 1 fully saturated rings. The molecule has 1 aliphatic heterocycles. The summed E-state index contributed by atoms with van der Waals surface area (Å²) >= 11 is 0. The smallest absolute Gasteiger partial charge is 0.418 e. The first-order valence-electron chi connectivity index (χ1n) is 14.9. The van der Waals surface area contributed by atoms with Crippen LogP contribution in [-0.2, 0) is 17.1 Å². The Hall–Kier alpha value is -4.51. The first-order chi connectivity index (χ1) is 22.0. The minimum absolute atomic E-state index is 0. The van der Waals surface area contributed by atoms with E-state index in [-0.39, 0.29) is 29.2 Å². The molecule has 6 rings (SSSR count). The van der Waals surface area contributed by atoms with E-state index in [2.05, 4.69) is 165 Å². The first kappa shape index (κ1) is 37.0. The topological polar surface area (TPSA) is 30.3 Å². The minimum atomic E-state index is -6.00. The van der Waals surface area contributed by atoms with E-state index in [4.69, 9.17) is 5.26 Å². The van der Waals surface area contributed by atoms with Crippen molar-refractivity contribution in [3.05, 3.63) is 162 Å². The normalized spacial score (nSPS) is 15.3.